The smallest absolute Gasteiger partial charge is 0.258 e. The average Bonchev–Trinajstić information content (AvgIpc) is 3.27. The van der Waals surface area contributed by atoms with Crippen LogP contribution in [-0.2, 0) is 6.54 Å². The summed E-state index contributed by atoms with van der Waals surface area (Å²) in [5, 5.41) is 5.95. The van der Waals surface area contributed by atoms with Crippen molar-refractivity contribution in [2.45, 2.75) is 26.3 Å². The number of benzene rings is 1. The summed E-state index contributed by atoms with van der Waals surface area (Å²) < 4.78 is 5.25. The number of hydrogen-bond acceptors (Lipinski definition) is 6. The molecule has 0 spiro atoms. The van der Waals surface area contributed by atoms with E-state index in [-0.39, 0.29) is 5.91 Å². The van der Waals surface area contributed by atoms with Crippen LogP contribution in [0.5, 0.6) is 0 Å². The van der Waals surface area contributed by atoms with Crippen molar-refractivity contribution >= 4 is 23.2 Å². The van der Waals surface area contributed by atoms with Gasteiger partial charge >= 0.3 is 0 Å². The number of furan rings is 1. The first-order valence-electron chi connectivity index (χ1n) is 9.92. The van der Waals surface area contributed by atoms with E-state index >= 15 is 0 Å². The standard InChI is InChI=1S/C22H25N5O2/c1-16-8-10-27(11-9-16)19-6-4-18(5-7-19)26-21(28)17-13-23-22(24-14-17)25-15-20-3-2-12-29-20/h2-7,12-14,16H,8-11,15H2,1H3,(H,26,28)(H,23,24,25). The molecule has 1 aromatic carbocycles. The monoisotopic (exact) mass is 391 g/mol. The maximum Gasteiger partial charge on any atom is 0.258 e. The summed E-state index contributed by atoms with van der Waals surface area (Å²) in [4.78, 5) is 23.2. The number of hydrogen-bond donors (Lipinski definition) is 2. The minimum Gasteiger partial charge on any atom is -0.467 e. The number of nitrogens with zero attached hydrogens (tertiary/aromatic N) is 3. The summed E-state index contributed by atoms with van der Waals surface area (Å²) in [5.74, 6) is 1.80. The van der Waals surface area contributed by atoms with Gasteiger partial charge in [0.05, 0.1) is 18.4 Å². The van der Waals surface area contributed by atoms with E-state index in [4.69, 9.17) is 4.42 Å². The highest BCUT2D eigenvalue weighted by Crippen LogP contribution is 2.24. The Labute approximate surface area is 170 Å². The number of aromatic nitrogens is 2. The molecule has 150 valence electrons. The molecule has 1 saturated heterocycles. The molecule has 7 heteroatoms. The van der Waals surface area contributed by atoms with E-state index in [1.807, 2.05) is 24.3 Å². The van der Waals surface area contributed by atoms with Crippen LogP contribution >= 0.6 is 0 Å². The minimum absolute atomic E-state index is 0.234. The molecule has 4 rings (SSSR count). The van der Waals surface area contributed by atoms with E-state index in [1.54, 1.807) is 6.26 Å². The molecule has 0 saturated carbocycles. The third-order valence-corrected chi connectivity index (χ3v) is 5.19. The predicted octanol–water partition coefficient (Wildman–Crippen LogP) is 4.17. The van der Waals surface area contributed by atoms with Gasteiger partial charge in [0, 0.05) is 36.9 Å². The average molecular weight is 391 g/mol. The Bertz CT molecular complexity index is 915. The number of amides is 1. The first-order valence-corrected chi connectivity index (χ1v) is 9.92. The van der Waals surface area contributed by atoms with Gasteiger partial charge in [0.1, 0.15) is 5.76 Å². The van der Waals surface area contributed by atoms with Crippen LogP contribution in [0.1, 0.15) is 35.9 Å². The fourth-order valence-electron chi connectivity index (χ4n) is 3.34. The number of carbonyl (C=O) groups excluding carboxylic acids is 1. The van der Waals surface area contributed by atoms with Gasteiger partial charge < -0.3 is 20.0 Å². The number of piperidine rings is 1. The lowest BCUT2D eigenvalue weighted by Gasteiger charge is -2.32. The summed E-state index contributed by atoms with van der Waals surface area (Å²) in [7, 11) is 0. The lowest BCUT2D eigenvalue weighted by atomic mass is 9.99. The Morgan fingerprint density at radius 1 is 1.14 bits per heavy atom. The lowest BCUT2D eigenvalue weighted by molar-refractivity contribution is 0.102. The van der Waals surface area contributed by atoms with Crippen molar-refractivity contribution in [2.75, 3.05) is 28.6 Å². The summed E-state index contributed by atoms with van der Waals surface area (Å²) in [5.41, 5.74) is 2.36. The van der Waals surface area contributed by atoms with Crippen molar-refractivity contribution in [1.29, 1.82) is 0 Å². The molecule has 1 fully saturated rings. The maximum absolute atomic E-state index is 12.5. The molecule has 0 unspecified atom stereocenters. The predicted molar refractivity (Wildman–Crippen MR) is 113 cm³/mol. The van der Waals surface area contributed by atoms with Gasteiger partial charge in [0.2, 0.25) is 5.95 Å². The fraction of sp³-hybridized carbons (Fsp3) is 0.318. The van der Waals surface area contributed by atoms with E-state index in [1.165, 1.54) is 30.9 Å². The first-order chi connectivity index (χ1) is 14.2. The van der Waals surface area contributed by atoms with E-state index < -0.39 is 0 Å². The lowest BCUT2D eigenvalue weighted by Crippen LogP contribution is -2.32. The van der Waals surface area contributed by atoms with Gasteiger partial charge in [0.25, 0.3) is 5.91 Å². The second-order valence-electron chi connectivity index (χ2n) is 7.40. The van der Waals surface area contributed by atoms with Crippen molar-refractivity contribution in [1.82, 2.24) is 9.97 Å². The molecule has 1 aliphatic rings. The van der Waals surface area contributed by atoms with Crippen LogP contribution in [0.2, 0.25) is 0 Å². The number of nitrogens with one attached hydrogen (secondary N) is 2. The summed E-state index contributed by atoms with van der Waals surface area (Å²) >= 11 is 0. The zero-order chi connectivity index (χ0) is 20.1. The third kappa shape index (κ3) is 4.93. The highest BCUT2D eigenvalue weighted by Gasteiger charge is 2.16. The fourth-order valence-corrected chi connectivity index (χ4v) is 3.34. The van der Waals surface area contributed by atoms with Gasteiger partial charge in [-0.3, -0.25) is 4.79 Å². The number of anilines is 3. The molecule has 0 atom stereocenters. The molecule has 29 heavy (non-hydrogen) atoms. The zero-order valence-electron chi connectivity index (χ0n) is 16.5. The highest BCUT2D eigenvalue weighted by molar-refractivity contribution is 6.03. The summed E-state index contributed by atoms with van der Waals surface area (Å²) in [6.45, 7) is 4.97. The van der Waals surface area contributed by atoms with E-state index in [0.717, 1.165) is 30.5 Å². The molecule has 3 heterocycles. The Morgan fingerprint density at radius 2 is 1.86 bits per heavy atom. The Morgan fingerprint density at radius 3 is 2.52 bits per heavy atom. The molecule has 3 aromatic rings. The third-order valence-electron chi connectivity index (χ3n) is 5.19. The maximum atomic E-state index is 12.5. The van der Waals surface area contributed by atoms with Crippen molar-refractivity contribution in [2.24, 2.45) is 5.92 Å². The second kappa shape index (κ2) is 8.77. The molecule has 2 N–H and O–H groups in total. The second-order valence-corrected chi connectivity index (χ2v) is 7.40. The van der Waals surface area contributed by atoms with Crippen LogP contribution in [0.3, 0.4) is 0 Å². The molecular weight excluding hydrogens is 366 g/mol. The SMILES string of the molecule is CC1CCN(c2ccc(NC(=O)c3cnc(NCc4ccco4)nc3)cc2)CC1. The van der Waals surface area contributed by atoms with Crippen molar-refractivity contribution < 1.29 is 9.21 Å². The van der Waals surface area contributed by atoms with Crippen molar-refractivity contribution in [3.05, 3.63) is 66.4 Å². The molecule has 1 aliphatic heterocycles. The van der Waals surface area contributed by atoms with Gasteiger partial charge in [-0.1, -0.05) is 6.92 Å². The quantitative estimate of drug-likeness (QED) is 0.656. The van der Waals surface area contributed by atoms with E-state index in [2.05, 4.69) is 44.6 Å². The normalized spacial score (nSPS) is 14.6. The van der Waals surface area contributed by atoms with Gasteiger partial charge in [-0.2, -0.15) is 0 Å². The van der Waals surface area contributed by atoms with Gasteiger partial charge in [-0.05, 0) is 55.2 Å². The van der Waals surface area contributed by atoms with Crippen LogP contribution < -0.4 is 15.5 Å². The largest absolute Gasteiger partial charge is 0.467 e. The summed E-state index contributed by atoms with van der Waals surface area (Å²) in [6.07, 6.45) is 7.09. The molecule has 0 aliphatic carbocycles. The zero-order valence-corrected chi connectivity index (χ0v) is 16.5. The van der Waals surface area contributed by atoms with Crippen LogP contribution in [0.4, 0.5) is 17.3 Å². The first kappa shape index (κ1) is 19.0. The number of carbonyl (C=O) groups is 1. The van der Waals surface area contributed by atoms with Crippen LogP contribution in [0, 0.1) is 5.92 Å². The van der Waals surface area contributed by atoms with Crippen molar-refractivity contribution in [3.8, 4) is 0 Å². The molecule has 0 radical (unpaired) electrons. The van der Waals surface area contributed by atoms with Crippen LogP contribution in [0.15, 0.2) is 59.5 Å². The van der Waals surface area contributed by atoms with Crippen molar-refractivity contribution in [3.63, 3.8) is 0 Å². The molecule has 0 bridgehead atoms. The van der Waals surface area contributed by atoms with E-state index in [0.29, 0.717) is 18.1 Å². The molecular formula is C22H25N5O2. The number of rotatable bonds is 6. The molecule has 1 amide bonds. The Kier molecular flexibility index (Phi) is 5.74. The van der Waals surface area contributed by atoms with Gasteiger partial charge in [-0.25, -0.2) is 9.97 Å². The Hall–Kier alpha value is -3.35. The molecule has 2 aromatic heterocycles. The highest BCUT2D eigenvalue weighted by atomic mass is 16.3. The van der Waals surface area contributed by atoms with Crippen LogP contribution in [0.25, 0.3) is 0 Å². The van der Waals surface area contributed by atoms with Crippen LogP contribution in [-0.4, -0.2) is 29.0 Å². The minimum atomic E-state index is -0.234. The van der Waals surface area contributed by atoms with Gasteiger partial charge in [-0.15, -0.1) is 0 Å². The Balaban J connectivity index is 1.31. The van der Waals surface area contributed by atoms with Gasteiger partial charge in [0.15, 0.2) is 0 Å². The van der Waals surface area contributed by atoms with E-state index in [9.17, 15) is 4.79 Å². The summed E-state index contributed by atoms with van der Waals surface area (Å²) in [6, 6.07) is 11.7. The molecule has 7 nitrogen and oxygen atoms in total. The topological polar surface area (TPSA) is 83.3 Å².